The maximum atomic E-state index is 13.1. The highest BCUT2D eigenvalue weighted by atomic mass is 32.2. The molecule has 4 heterocycles. The van der Waals surface area contributed by atoms with E-state index in [4.69, 9.17) is 0 Å². The molecule has 1 aliphatic heterocycles. The maximum Gasteiger partial charge on any atom is 0.233 e. The van der Waals surface area contributed by atoms with Crippen LogP contribution in [0, 0.1) is 0 Å². The third-order valence-corrected chi connectivity index (χ3v) is 7.18. The smallest absolute Gasteiger partial charge is 0.233 e. The monoisotopic (exact) mass is 427 g/mol. The highest BCUT2D eigenvalue weighted by molar-refractivity contribution is 7.99. The molecule has 3 aromatic rings. The van der Waals surface area contributed by atoms with Crippen LogP contribution >= 0.6 is 23.1 Å². The van der Waals surface area contributed by atoms with Gasteiger partial charge in [-0.1, -0.05) is 25.6 Å². The van der Waals surface area contributed by atoms with Gasteiger partial charge in [0.25, 0.3) is 0 Å². The van der Waals surface area contributed by atoms with E-state index in [9.17, 15) is 4.79 Å². The van der Waals surface area contributed by atoms with Crippen molar-refractivity contribution >= 4 is 29.0 Å². The Bertz CT molecular complexity index is 969. The van der Waals surface area contributed by atoms with Crippen LogP contribution < -0.4 is 0 Å². The maximum absolute atomic E-state index is 13.1. The summed E-state index contributed by atoms with van der Waals surface area (Å²) < 4.78 is 2.11. The minimum absolute atomic E-state index is 0.176. The van der Waals surface area contributed by atoms with Gasteiger partial charge in [0.05, 0.1) is 11.8 Å². The van der Waals surface area contributed by atoms with Gasteiger partial charge in [-0.2, -0.15) is 0 Å². The minimum Gasteiger partial charge on any atom is -0.335 e. The molecule has 0 radical (unpaired) electrons. The van der Waals surface area contributed by atoms with E-state index >= 15 is 0 Å². The molecule has 8 heteroatoms. The van der Waals surface area contributed by atoms with E-state index < -0.39 is 0 Å². The summed E-state index contributed by atoms with van der Waals surface area (Å²) in [6, 6.07) is 6.25. The number of carbonyl (C=O) groups excluding carboxylic acids is 1. The molecule has 1 amide bonds. The van der Waals surface area contributed by atoms with Crippen LogP contribution in [-0.2, 0) is 17.8 Å². The minimum atomic E-state index is 0.176. The van der Waals surface area contributed by atoms with Crippen molar-refractivity contribution in [1.82, 2.24) is 24.6 Å². The fourth-order valence-electron chi connectivity index (χ4n) is 3.88. The molecule has 0 bridgehead atoms. The molecule has 1 atom stereocenters. The van der Waals surface area contributed by atoms with Crippen molar-refractivity contribution in [2.75, 3.05) is 12.3 Å². The SMILES string of the molecule is CCCn1c(SCC(=O)N2CCc3sccc3C2CC)nnc1-c1ccncc1. The van der Waals surface area contributed by atoms with Crippen LogP contribution in [0.4, 0.5) is 0 Å². The Hall–Kier alpha value is -2.19. The Morgan fingerprint density at radius 3 is 2.83 bits per heavy atom. The first-order chi connectivity index (χ1) is 14.2. The van der Waals surface area contributed by atoms with Gasteiger partial charge in [-0.05, 0) is 48.4 Å². The van der Waals surface area contributed by atoms with Crippen LogP contribution in [0.2, 0.25) is 0 Å². The lowest BCUT2D eigenvalue weighted by Gasteiger charge is -2.35. The van der Waals surface area contributed by atoms with E-state index in [2.05, 4.69) is 45.0 Å². The molecule has 4 rings (SSSR count). The molecular weight excluding hydrogens is 402 g/mol. The van der Waals surface area contributed by atoms with E-state index in [0.717, 1.165) is 48.9 Å². The van der Waals surface area contributed by atoms with Gasteiger partial charge < -0.3 is 9.47 Å². The summed E-state index contributed by atoms with van der Waals surface area (Å²) >= 11 is 3.29. The van der Waals surface area contributed by atoms with E-state index in [1.165, 1.54) is 22.2 Å². The van der Waals surface area contributed by atoms with Gasteiger partial charge in [0.2, 0.25) is 5.91 Å². The van der Waals surface area contributed by atoms with Crippen molar-refractivity contribution in [3.63, 3.8) is 0 Å². The first kappa shape index (κ1) is 20.1. The van der Waals surface area contributed by atoms with Gasteiger partial charge in [0, 0.05) is 35.9 Å². The molecule has 1 unspecified atom stereocenters. The van der Waals surface area contributed by atoms with E-state index in [1.807, 2.05) is 28.4 Å². The Labute approximate surface area is 179 Å². The third kappa shape index (κ3) is 4.09. The summed E-state index contributed by atoms with van der Waals surface area (Å²) in [6.45, 7) is 5.91. The first-order valence-electron chi connectivity index (χ1n) is 10.0. The normalized spacial score (nSPS) is 16.1. The van der Waals surface area contributed by atoms with Crippen LogP contribution in [-0.4, -0.2) is 42.9 Å². The number of thioether (sulfide) groups is 1. The number of rotatable bonds is 7. The summed E-state index contributed by atoms with van der Waals surface area (Å²) in [4.78, 5) is 20.6. The average molecular weight is 428 g/mol. The van der Waals surface area contributed by atoms with Crippen LogP contribution in [0.3, 0.4) is 0 Å². The quantitative estimate of drug-likeness (QED) is 0.522. The van der Waals surface area contributed by atoms with E-state index in [1.54, 1.807) is 12.4 Å². The summed E-state index contributed by atoms with van der Waals surface area (Å²) in [7, 11) is 0. The fourth-order valence-corrected chi connectivity index (χ4v) is 5.66. The van der Waals surface area contributed by atoms with Crippen LogP contribution in [0.1, 0.15) is 43.2 Å². The average Bonchev–Trinajstić information content (AvgIpc) is 3.39. The summed E-state index contributed by atoms with van der Waals surface area (Å²) in [5.74, 6) is 1.39. The number of hydrogen-bond donors (Lipinski definition) is 0. The van der Waals surface area contributed by atoms with Crippen molar-refractivity contribution in [2.45, 2.75) is 50.9 Å². The topological polar surface area (TPSA) is 63.9 Å². The molecule has 29 heavy (non-hydrogen) atoms. The standard InChI is InChI=1S/C21H25N5OS2/c1-3-11-26-20(15-5-9-22-10-6-15)23-24-21(26)29-14-19(27)25-12-7-18-16(8-13-28-18)17(25)4-2/h5-6,8-10,13,17H,3-4,7,11-12,14H2,1-2H3. The highest BCUT2D eigenvalue weighted by Crippen LogP contribution is 2.36. The van der Waals surface area contributed by atoms with Gasteiger partial charge in [0.1, 0.15) is 0 Å². The van der Waals surface area contributed by atoms with Crippen molar-refractivity contribution < 1.29 is 4.79 Å². The summed E-state index contributed by atoms with van der Waals surface area (Å²) in [5, 5.41) is 11.7. The van der Waals surface area contributed by atoms with Gasteiger partial charge in [-0.3, -0.25) is 9.78 Å². The second-order valence-electron chi connectivity index (χ2n) is 7.04. The Morgan fingerprint density at radius 1 is 1.24 bits per heavy atom. The first-order valence-corrected chi connectivity index (χ1v) is 11.9. The number of hydrogen-bond acceptors (Lipinski definition) is 6. The zero-order valence-corrected chi connectivity index (χ0v) is 18.4. The molecular formula is C21H25N5OS2. The number of fused-ring (bicyclic) bond motifs is 1. The summed E-state index contributed by atoms with van der Waals surface area (Å²) in [5.41, 5.74) is 2.32. The zero-order valence-electron chi connectivity index (χ0n) is 16.7. The molecule has 3 aromatic heterocycles. The van der Waals surface area contributed by atoms with Gasteiger partial charge in [0.15, 0.2) is 11.0 Å². The number of pyridine rings is 1. The molecule has 6 nitrogen and oxygen atoms in total. The molecule has 0 saturated heterocycles. The second kappa shape index (κ2) is 9.09. The van der Waals surface area contributed by atoms with Gasteiger partial charge in [-0.15, -0.1) is 21.5 Å². The molecule has 0 N–H and O–H groups in total. The molecule has 0 saturated carbocycles. The highest BCUT2D eigenvalue weighted by Gasteiger charge is 2.30. The van der Waals surface area contributed by atoms with Crippen LogP contribution in [0.25, 0.3) is 11.4 Å². The van der Waals surface area contributed by atoms with Crippen molar-refractivity contribution in [2.24, 2.45) is 0 Å². The second-order valence-corrected chi connectivity index (χ2v) is 8.99. The Morgan fingerprint density at radius 2 is 2.07 bits per heavy atom. The zero-order chi connectivity index (χ0) is 20.2. The number of carbonyl (C=O) groups is 1. The van der Waals surface area contributed by atoms with Crippen molar-refractivity contribution in [3.8, 4) is 11.4 Å². The van der Waals surface area contributed by atoms with Crippen molar-refractivity contribution in [3.05, 3.63) is 46.4 Å². The molecule has 0 fully saturated rings. The van der Waals surface area contributed by atoms with Crippen LogP contribution in [0.15, 0.2) is 41.1 Å². The largest absolute Gasteiger partial charge is 0.335 e. The fraction of sp³-hybridized carbons (Fsp3) is 0.429. The van der Waals surface area contributed by atoms with E-state index in [0.29, 0.717) is 5.75 Å². The Balaban J connectivity index is 1.49. The molecule has 152 valence electrons. The van der Waals surface area contributed by atoms with Gasteiger partial charge in [-0.25, -0.2) is 0 Å². The Kier molecular flexibility index (Phi) is 6.30. The molecule has 0 aliphatic carbocycles. The lowest BCUT2D eigenvalue weighted by atomic mass is 9.98. The lowest BCUT2D eigenvalue weighted by Crippen LogP contribution is -2.40. The predicted octanol–water partition coefficient (Wildman–Crippen LogP) is 4.44. The number of thiophene rings is 1. The van der Waals surface area contributed by atoms with Crippen LogP contribution in [0.5, 0.6) is 0 Å². The summed E-state index contributed by atoms with van der Waals surface area (Å²) in [6.07, 6.45) is 6.40. The van der Waals surface area contributed by atoms with Crippen molar-refractivity contribution in [1.29, 1.82) is 0 Å². The molecule has 0 spiro atoms. The number of nitrogens with zero attached hydrogens (tertiary/aromatic N) is 5. The predicted molar refractivity (Wildman–Crippen MR) is 117 cm³/mol. The van der Waals surface area contributed by atoms with E-state index in [-0.39, 0.29) is 11.9 Å². The molecule has 0 aromatic carbocycles. The molecule has 1 aliphatic rings. The van der Waals surface area contributed by atoms with Gasteiger partial charge >= 0.3 is 0 Å². The number of aromatic nitrogens is 4. The number of amides is 1. The lowest BCUT2D eigenvalue weighted by molar-refractivity contribution is -0.131. The third-order valence-electron chi connectivity index (χ3n) is 5.23.